The lowest BCUT2D eigenvalue weighted by Gasteiger charge is -2.17. The van der Waals surface area contributed by atoms with Crippen molar-refractivity contribution < 1.29 is 23.8 Å². The molecule has 0 aliphatic carbocycles. The van der Waals surface area contributed by atoms with Gasteiger partial charge in [0.15, 0.2) is 23.9 Å². The number of benzene rings is 2. The molecule has 0 saturated carbocycles. The van der Waals surface area contributed by atoms with E-state index in [2.05, 4.69) is 5.32 Å². The molecule has 0 fully saturated rings. The Balaban J connectivity index is 1.76. The third-order valence-corrected chi connectivity index (χ3v) is 3.97. The fourth-order valence-electron chi connectivity index (χ4n) is 2.63. The number of rotatable bonds is 7. The van der Waals surface area contributed by atoms with Gasteiger partial charge >= 0.3 is 0 Å². The van der Waals surface area contributed by atoms with Crippen LogP contribution >= 0.6 is 0 Å². The Bertz CT molecular complexity index is 888. The second kappa shape index (κ2) is 8.40. The van der Waals surface area contributed by atoms with Crippen LogP contribution in [0.4, 0.5) is 5.69 Å². The number of ketones is 1. The van der Waals surface area contributed by atoms with Crippen molar-refractivity contribution in [2.24, 2.45) is 0 Å². The van der Waals surface area contributed by atoms with Crippen molar-refractivity contribution in [1.82, 2.24) is 0 Å². The topological polar surface area (TPSA) is 73.9 Å². The van der Waals surface area contributed by atoms with E-state index in [4.69, 9.17) is 14.2 Å². The van der Waals surface area contributed by atoms with Crippen molar-refractivity contribution in [3.05, 3.63) is 53.6 Å². The number of nitrogens with one attached hydrogen (secondary N) is 1. The summed E-state index contributed by atoms with van der Waals surface area (Å²) in [5, 5.41) is 2.70. The second-order valence-electron chi connectivity index (χ2n) is 6.00. The van der Waals surface area contributed by atoms with E-state index in [1.54, 1.807) is 37.5 Å². The third kappa shape index (κ3) is 4.47. The standard InChI is InChI=1S/C21H21NO5/c1-3-10-26-20-11-14(5-8-19(20)25-2)4-7-17(23)15-6-9-18-16(12-15)22-21(24)13-27-18/h4-9,11-12H,3,10,13H2,1-2H3,(H,22,24)/b7-4+. The van der Waals surface area contributed by atoms with E-state index in [1.807, 2.05) is 19.1 Å². The van der Waals surface area contributed by atoms with Gasteiger partial charge in [-0.15, -0.1) is 0 Å². The molecule has 0 aromatic heterocycles. The summed E-state index contributed by atoms with van der Waals surface area (Å²) in [6, 6.07) is 10.5. The third-order valence-electron chi connectivity index (χ3n) is 3.97. The van der Waals surface area contributed by atoms with E-state index >= 15 is 0 Å². The van der Waals surface area contributed by atoms with Gasteiger partial charge in [-0.25, -0.2) is 0 Å². The van der Waals surface area contributed by atoms with Crippen LogP contribution < -0.4 is 19.5 Å². The summed E-state index contributed by atoms with van der Waals surface area (Å²) in [4.78, 5) is 23.9. The van der Waals surface area contributed by atoms with Gasteiger partial charge in [-0.3, -0.25) is 9.59 Å². The molecule has 0 spiro atoms. The van der Waals surface area contributed by atoms with E-state index in [9.17, 15) is 9.59 Å². The summed E-state index contributed by atoms with van der Waals surface area (Å²) in [5.41, 5.74) is 1.79. The molecular weight excluding hydrogens is 346 g/mol. The Morgan fingerprint density at radius 1 is 1.22 bits per heavy atom. The summed E-state index contributed by atoms with van der Waals surface area (Å²) in [6.07, 6.45) is 4.09. The minimum Gasteiger partial charge on any atom is -0.493 e. The SMILES string of the molecule is CCCOc1cc(/C=C/C(=O)c2ccc3c(c2)NC(=O)CO3)ccc1OC. The Morgan fingerprint density at radius 2 is 2.07 bits per heavy atom. The van der Waals surface area contributed by atoms with Crippen molar-refractivity contribution >= 4 is 23.5 Å². The lowest BCUT2D eigenvalue weighted by atomic mass is 10.1. The molecule has 0 unspecified atom stereocenters. The lowest BCUT2D eigenvalue weighted by Crippen LogP contribution is -2.25. The highest BCUT2D eigenvalue weighted by Gasteiger charge is 2.17. The van der Waals surface area contributed by atoms with Crippen molar-refractivity contribution in [2.75, 3.05) is 25.6 Å². The zero-order valence-corrected chi connectivity index (χ0v) is 15.3. The molecule has 1 N–H and O–H groups in total. The summed E-state index contributed by atoms with van der Waals surface area (Å²) >= 11 is 0. The molecule has 6 nitrogen and oxygen atoms in total. The number of anilines is 1. The van der Waals surface area contributed by atoms with E-state index in [-0.39, 0.29) is 18.3 Å². The van der Waals surface area contributed by atoms with E-state index < -0.39 is 0 Å². The van der Waals surface area contributed by atoms with Gasteiger partial charge in [0, 0.05) is 5.56 Å². The molecule has 1 amide bonds. The smallest absolute Gasteiger partial charge is 0.262 e. The van der Waals surface area contributed by atoms with Crippen molar-refractivity contribution in [3.8, 4) is 17.2 Å². The fourth-order valence-corrected chi connectivity index (χ4v) is 2.63. The van der Waals surface area contributed by atoms with Crippen LogP contribution in [0.3, 0.4) is 0 Å². The first-order chi connectivity index (χ1) is 13.1. The molecule has 3 rings (SSSR count). The number of carbonyl (C=O) groups excluding carboxylic acids is 2. The largest absolute Gasteiger partial charge is 0.493 e. The maximum atomic E-state index is 12.5. The van der Waals surface area contributed by atoms with Crippen LogP contribution in [0.15, 0.2) is 42.5 Å². The Labute approximate surface area is 157 Å². The lowest BCUT2D eigenvalue weighted by molar-refractivity contribution is -0.118. The summed E-state index contributed by atoms with van der Waals surface area (Å²) in [5.74, 6) is 1.44. The number of carbonyl (C=O) groups is 2. The molecule has 0 atom stereocenters. The quantitative estimate of drug-likeness (QED) is 0.596. The van der Waals surface area contributed by atoms with Gasteiger partial charge in [-0.1, -0.05) is 19.1 Å². The van der Waals surface area contributed by atoms with Gasteiger partial charge in [0.2, 0.25) is 0 Å². The second-order valence-corrected chi connectivity index (χ2v) is 6.00. The molecule has 2 aromatic rings. The molecule has 1 aliphatic rings. The highest BCUT2D eigenvalue weighted by atomic mass is 16.5. The van der Waals surface area contributed by atoms with Crippen LogP contribution in [0.5, 0.6) is 17.2 Å². The van der Waals surface area contributed by atoms with Crippen LogP contribution in [0.2, 0.25) is 0 Å². The predicted molar refractivity (Wildman–Crippen MR) is 103 cm³/mol. The minimum absolute atomic E-state index is 0.0138. The molecule has 0 bridgehead atoms. The minimum atomic E-state index is -0.236. The fraction of sp³-hybridized carbons (Fsp3) is 0.238. The monoisotopic (exact) mass is 367 g/mol. The number of amides is 1. The van der Waals surface area contributed by atoms with Crippen LogP contribution in [-0.2, 0) is 4.79 Å². The van der Waals surface area contributed by atoms with Gasteiger partial charge in [0.25, 0.3) is 5.91 Å². The van der Waals surface area contributed by atoms with Gasteiger partial charge in [0.1, 0.15) is 5.75 Å². The molecular formula is C21H21NO5. The van der Waals surface area contributed by atoms with Crippen LogP contribution in [0.25, 0.3) is 6.08 Å². The number of hydrogen-bond donors (Lipinski definition) is 1. The summed E-state index contributed by atoms with van der Waals surface area (Å²) < 4.78 is 16.3. The number of ether oxygens (including phenoxy) is 3. The van der Waals surface area contributed by atoms with Crippen LogP contribution in [0.1, 0.15) is 29.3 Å². The molecule has 1 aliphatic heterocycles. The molecule has 1 heterocycles. The predicted octanol–water partition coefficient (Wildman–Crippen LogP) is 3.71. The van der Waals surface area contributed by atoms with Gasteiger partial charge in [-0.2, -0.15) is 0 Å². The van der Waals surface area contributed by atoms with Crippen molar-refractivity contribution in [3.63, 3.8) is 0 Å². The average molecular weight is 367 g/mol. The van der Waals surface area contributed by atoms with Crippen LogP contribution in [0, 0.1) is 0 Å². The highest BCUT2D eigenvalue weighted by molar-refractivity contribution is 6.08. The maximum absolute atomic E-state index is 12.5. The molecule has 27 heavy (non-hydrogen) atoms. The van der Waals surface area contributed by atoms with Crippen molar-refractivity contribution in [1.29, 1.82) is 0 Å². The zero-order valence-electron chi connectivity index (χ0n) is 15.3. The normalized spacial score (nSPS) is 12.9. The van der Waals surface area contributed by atoms with Gasteiger partial charge < -0.3 is 19.5 Å². The number of fused-ring (bicyclic) bond motifs is 1. The van der Waals surface area contributed by atoms with Gasteiger partial charge in [0.05, 0.1) is 19.4 Å². The number of methoxy groups -OCH3 is 1. The number of allylic oxidation sites excluding steroid dienone is 1. The number of hydrogen-bond acceptors (Lipinski definition) is 5. The highest BCUT2D eigenvalue weighted by Crippen LogP contribution is 2.30. The van der Waals surface area contributed by atoms with Gasteiger partial charge in [-0.05, 0) is 48.4 Å². The average Bonchev–Trinajstić information content (AvgIpc) is 2.69. The molecule has 140 valence electrons. The Hall–Kier alpha value is -3.28. The Kier molecular flexibility index (Phi) is 5.76. The summed E-state index contributed by atoms with van der Waals surface area (Å²) in [7, 11) is 1.59. The maximum Gasteiger partial charge on any atom is 0.262 e. The molecule has 0 saturated heterocycles. The van der Waals surface area contributed by atoms with E-state index in [0.717, 1.165) is 12.0 Å². The Morgan fingerprint density at radius 3 is 2.85 bits per heavy atom. The molecule has 2 aromatic carbocycles. The zero-order chi connectivity index (χ0) is 19.2. The van der Waals surface area contributed by atoms with Crippen LogP contribution in [-0.4, -0.2) is 32.0 Å². The van der Waals surface area contributed by atoms with E-state index in [0.29, 0.717) is 35.1 Å². The first-order valence-corrected chi connectivity index (χ1v) is 8.70. The summed E-state index contributed by atoms with van der Waals surface area (Å²) in [6.45, 7) is 2.60. The molecule has 6 heteroatoms. The first-order valence-electron chi connectivity index (χ1n) is 8.70. The first kappa shape index (κ1) is 18.5. The molecule has 0 radical (unpaired) electrons. The van der Waals surface area contributed by atoms with E-state index in [1.165, 1.54) is 6.08 Å². The van der Waals surface area contributed by atoms with Crippen molar-refractivity contribution in [2.45, 2.75) is 13.3 Å².